The molecule has 2 aromatic carbocycles. The van der Waals surface area contributed by atoms with Crippen molar-refractivity contribution >= 4 is 11.6 Å². The Kier molecular flexibility index (Phi) is 3.79. The van der Waals surface area contributed by atoms with Crippen molar-refractivity contribution in [2.24, 2.45) is 0 Å². The van der Waals surface area contributed by atoms with Crippen LogP contribution in [-0.2, 0) is 13.0 Å². The third-order valence-electron chi connectivity index (χ3n) is 4.13. The van der Waals surface area contributed by atoms with Gasteiger partial charge in [-0.1, -0.05) is 36.4 Å². The second kappa shape index (κ2) is 6.24. The number of anilines is 1. The minimum absolute atomic E-state index is 0.106. The molecule has 3 aromatic rings. The standard InChI is InChI=1S/C20H17NO3/c22-20(21-13-12-15-6-4-5-9-18(15)21)19-11-10-17(24-19)14-23-16-7-2-1-3-8-16/h1-11H,12-14H2. The first kappa shape index (κ1) is 14.6. The average molecular weight is 319 g/mol. The Morgan fingerprint density at radius 1 is 1.00 bits per heavy atom. The van der Waals surface area contributed by atoms with Crippen molar-refractivity contribution in [3.8, 4) is 5.75 Å². The lowest BCUT2D eigenvalue weighted by Crippen LogP contribution is -2.28. The third kappa shape index (κ3) is 2.78. The molecule has 0 radical (unpaired) electrons. The molecule has 120 valence electrons. The van der Waals surface area contributed by atoms with E-state index in [9.17, 15) is 4.79 Å². The Morgan fingerprint density at radius 2 is 1.79 bits per heavy atom. The summed E-state index contributed by atoms with van der Waals surface area (Å²) in [5.41, 5.74) is 2.17. The van der Waals surface area contributed by atoms with E-state index >= 15 is 0 Å². The molecule has 4 rings (SSSR count). The summed E-state index contributed by atoms with van der Waals surface area (Å²) in [6, 6.07) is 21.0. The molecule has 0 unspecified atom stereocenters. The number of benzene rings is 2. The third-order valence-corrected chi connectivity index (χ3v) is 4.13. The summed E-state index contributed by atoms with van der Waals surface area (Å²) >= 11 is 0. The first-order valence-electron chi connectivity index (χ1n) is 7.97. The van der Waals surface area contributed by atoms with Crippen LogP contribution in [0.3, 0.4) is 0 Å². The Labute approximate surface area is 140 Å². The Morgan fingerprint density at radius 3 is 2.67 bits per heavy atom. The van der Waals surface area contributed by atoms with Crippen LogP contribution in [0.1, 0.15) is 21.9 Å². The van der Waals surface area contributed by atoms with Gasteiger partial charge in [-0.25, -0.2) is 0 Å². The van der Waals surface area contributed by atoms with E-state index in [1.54, 1.807) is 17.0 Å². The fourth-order valence-corrected chi connectivity index (χ4v) is 2.92. The van der Waals surface area contributed by atoms with Gasteiger partial charge in [0.25, 0.3) is 5.91 Å². The summed E-state index contributed by atoms with van der Waals surface area (Å²) in [5, 5.41) is 0. The van der Waals surface area contributed by atoms with Gasteiger partial charge < -0.3 is 14.1 Å². The summed E-state index contributed by atoms with van der Waals surface area (Å²) in [5.74, 6) is 1.65. The molecular formula is C20H17NO3. The average Bonchev–Trinajstić information content (AvgIpc) is 3.27. The number of carbonyl (C=O) groups excluding carboxylic acids is 1. The van der Waals surface area contributed by atoms with E-state index in [0.717, 1.165) is 17.9 Å². The van der Waals surface area contributed by atoms with Crippen LogP contribution in [0.15, 0.2) is 71.1 Å². The zero-order chi connectivity index (χ0) is 16.4. The van der Waals surface area contributed by atoms with Gasteiger partial charge in [-0.3, -0.25) is 4.79 Å². The normalized spacial score (nSPS) is 12.9. The topological polar surface area (TPSA) is 42.7 Å². The van der Waals surface area contributed by atoms with Crippen LogP contribution in [0.5, 0.6) is 5.75 Å². The fraction of sp³-hybridized carbons (Fsp3) is 0.150. The zero-order valence-electron chi connectivity index (χ0n) is 13.1. The molecule has 24 heavy (non-hydrogen) atoms. The van der Waals surface area contributed by atoms with Crippen LogP contribution in [0.25, 0.3) is 0 Å². The van der Waals surface area contributed by atoms with E-state index in [0.29, 0.717) is 24.7 Å². The number of fused-ring (bicyclic) bond motifs is 1. The highest BCUT2D eigenvalue weighted by Gasteiger charge is 2.27. The molecule has 0 fully saturated rings. The SMILES string of the molecule is O=C(c1ccc(COc2ccccc2)o1)N1CCc2ccccc21. The van der Waals surface area contributed by atoms with E-state index in [-0.39, 0.29) is 5.91 Å². The Balaban J connectivity index is 1.46. The number of furan rings is 1. The van der Waals surface area contributed by atoms with Crippen LogP contribution >= 0.6 is 0 Å². The van der Waals surface area contributed by atoms with E-state index < -0.39 is 0 Å². The van der Waals surface area contributed by atoms with Gasteiger partial charge in [0.05, 0.1) is 0 Å². The highest BCUT2D eigenvalue weighted by Crippen LogP contribution is 2.29. The number of nitrogens with zero attached hydrogens (tertiary/aromatic N) is 1. The maximum Gasteiger partial charge on any atom is 0.293 e. The quantitative estimate of drug-likeness (QED) is 0.728. The number of ether oxygens (including phenoxy) is 1. The summed E-state index contributed by atoms with van der Waals surface area (Å²) in [4.78, 5) is 14.5. The minimum atomic E-state index is -0.106. The first-order valence-corrected chi connectivity index (χ1v) is 7.97. The summed E-state index contributed by atoms with van der Waals surface area (Å²) in [6.07, 6.45) is 0.882. The lowest BCUT2D eigenvalue weighted by atomic mass is 10.2. The Hall–Kier alpha value is -3.01. The number of amides is 1. The van der Waals surface area contributed by atoms with Gasteiger partial charge in [-0.2, -0.15) is 0 Å². The van der Waals surface area contributed by atoms with Gasteiger partial charge in [0.2, 0.25) is 0 Å². The lowest BCUT2D eigenvalue weighted by molar-refractivity contribution is 0.0958. The molecule has 1 aliphatic heterocycles. The molecule has 0 saturated carbocycles. The number of para-hydroxylation sites is 2. The lowest BCUT2D eigenvalue weighted by Gasteiger charge is -2.15. The van der Waals surface area contributed by atoms with Crippen molar-refractivity contribution in [2.75, 3.05) is 11.4 Å². The monoisotopic (exact) mass is 319 g/mol. The Bertz CT molecular complexity index is 854. The predicted molar refractivity (Wildman–Crippen MR) is 91.3 cm³/mol. The molecule has 4 heteroatoms. The molecule has 0 saturated heterocycles. The number of rotatable bonds is 4. The number of carbonyl (C=O) groups is 1. The van der Waals surface area contributed by atoms with Crippen molar-refractivity contribution in [1.29, 1.82) is 0 Å². The maximum atomic E-state index is 12.7. The van der Waals surface area contributed by atoms with Crippen molar-refractivity contribution in [3.05, 3.63) is 83.8 Å². The smallest absolute Gasteiger partial charge is 0.293 e. The van der Waals surface area contributed by atoms with Crippen molar-refractivity contribution in [1.82, 2.24) is 0 Å². The molecule has 0 aliphatic carbocycles. The van der Waals surface area contributed by atoms with Crippen LogP contribution in [0, 0.1) is 0 Å². The first-order chi connectivity index (χ1) is 11.8. The molecular weight excluding hydrogens is 302 g/mol. The number of hydrogen-bond donors (Lipinski definition) is 0. The molecule has 0 N–H and O–H groups in total. The fourth-order valence-electron chi connectivity index (χ4n) is 2.92. The second-order valence-electron chi connectivity index (χ2n) is 5.70. The van der Waals surface area contributed by atoms with Crippen LogP contribution in [-0.4, -0.2) is 12.5 Å². The van der Waals surface area contributed by atoms with Gasteiger partial charge >= 0.3 is 0 Å². The summed E-state index contributed by atoms with van der Waals surface area (Å²) in [6.45, 7) is 0.989. The van der Waals surface area contributed by atoms with Gasteiger partial charge in [0, 0.05) is 12.2 Å². The molecule has 0 bridgehead atoms. The van der Waals surface area contributed by atoms with Gasteiger partial charge in [0.1, 0.15) is 18.1 Å². The molecule has 0 atom stereocenters. The van der Waals surface area contributed by atoms with Crippen LogP contribution < -0.4 is 9.64 Å². The molecule has 0 spiro atoms. The van der Waals surface area contributed by atoms with Gasteiger partial charge in [-0.05, 0) is 42.3 Å². The maximum absolute atomic E-state index is 12.7. The van der Waals surface area contributed by atoms with E-state index in [2.05, 4.69) is 6.07 Å². The van der Waals surface area contributed by atoms with E-state index in [1.807, 2.05) is 48.5 Å². The molecule has 1 amide bonds. The van der Waals surface area contributed by atoms with Crippen LogP contribution in [0.2, 0.25) is 0 Å². The van der Waals surface area contributed by atoms with Gasteiger partial charge in [0.15, 0.2) is 5.76 Å². The minimum Gasteiger partial charge on any atom is -0.486 e. The van der Waals surface area contributed by atoms with Gasteiger partial charge in [-0.15, -0.1) is 0 Å². The zero-order valence-corrected chi connectivity index (χ0v) is 13.1. The summed E-state index contributed by atoms with van der Waals surface area (Å²) in [7, 11) is 0. The largest absolute Gasteiger partial charge is 0.486 e. The van der Waals surface area contributed by atoms with Crippen molar-refractivity contribution < 1.29 is 13.9 Å². The number of hydrogen-bond acceptors (Lipinski definition) is 3. The summed E-state index contributed by atoms with van der Waals surface area (Å²) < 4.78 is 11.3. The molecule has 4 nitrogen and oxygen atoms in total. The molecule has 1 aromatic heterocycles. The van der Waals surface area contributed by atoms with E-state index in [1.165, 1.54) is 5.56 Å². The highest BCUT2D eigenvalue weighted by atomic mass is 16.5. The van der Waals surface area contributed by atoms with E-state index in [4.69, 9.17) is 9.15 Å². The highest BCUT2D eigenvalue weighted by molar-refractivity contribution is 6.05. The molecule has 2 heterocycles. The van der Waals surface area contributed by atoms with Crippen molar-refractivity contribution in [3.63, 3.8) is 0 Å². The van der Waals surface area contributed by atoms with Crippen LogP contribution in [0.4, 0.5) is 5.69 Å². The predicted octanol–water partition coefficient (Wildman–Crippen LogP) is 4.06. The second-order valence-corrected chi connectivity index (χ2v) is 5.70. The molecule has 1 aliphatic rings. The van der Waals surface area contributed by atoms with Crippen molar-refractivity contribution in [2.45, 2.75) is 13.0 Å².